The molecule has 2 aliphatic rings. The number of aliphatic hydroxyl groups excluding tert-OH is 1. The highest BCUT2D eigenvalue weighted by Crippen LogP contribution is 2.36. The smallest absolute Gasteiger partial charge is 0.119 e. The second-order valence-corrected chi connectivity index (χ2v) is 6.21. The van der Waals surface area contributed by atoms with Crippen molar-refractivity contribution in [3.8, 4) is 5.75 Å². The minimum absolute atomic E-state index is 0.137. The predicted molar refractivity (Wildman–Crippen MR) is 81.7 cm³/mol. The lowest BCUT2D eigenvalue weighted by molar-refractivity contribution is -0.0206. The van der Waals surface area contributed by atoms with Gasteiger partial charge in [-0.3, -0.25) is 4.90 Å². The van der Waals surface area contributed by atoms with Gasteiger partial charge in [0.2, 0.25) is 0 Å². The molecule has 1 aromatic carbocycles. The molecule has 1 heterocycles. The van der Waals surface area contributed by atoms with Crippen LogP contribution in [0.5, 0.6) is 5.75 Å². The lowest BCUT2D eigenvalue weighted by Gasteiger charge is -2.32. The van der Waals surface area contributed by atoms with Crippen LogP contribution in [-0.2, 0) is 11.2 Å². The average molecular weight is 291 g/mol. The molecular weight excluding hydrogens is 266 g/mol. The van der Waals surface area contributed by atoms with Gasteiger partial charge in [0.25, 0.3) is 0 Å². The molecule has 116 valence electrons. The molecule has 1 aromatic rings. The van der Waals surface area contributed by atoms with E-state index in [1.807, 2.05) is 12.1 Å². The van der Waals surface area contributed by atoms with Gasteiger partial charge in [-0.15, -0.1) is 0 Å². The van der Waals surface area contributed by atoms with E-state index in [2.05, 4.69) is 18.0 Å². The third-order valence-electron chi connectivity index (χ3n) is 4.80. The number of hydrogen-bond acceptors (Lipinski definition) is 4. The molecule has 0 bridgehead atoms. The number of aliphatic hydroxyl groups is 1. The largest absolute Gasteiger partial charge is 0.497 e. The van der Waals surface area contributed by atoms with Crippen LogP contribution in [0.1, 0.15) is 36.5 Å². The number of ether oxygens (including phenoxy) is 2. The maximum Gasteiger partial charge on any atom is 0.119 e. The molecule has 21 heavy (non-hydrogen) atoms. The monoisotopic (exact) mass is 291 g/mol. The standard InChI is InChI=1S/C17H25NO3/c1-18(11-14-5-3-4-8-21-14)16-9-12-6-7-13(20-2)10-15(12)17(16)19/h6-7,10,14,16-17,19H,3-5,8-9,11H2,1-2H3. The fraction of sp³-hybridized carbons (Fsp3) is 0.647. The summed E-state index contributed by atoms with van der Waals surface area (Å²) < 4.78 is 11.1. The lowest BCUT2D eigenvalue weighted by Crippen LogP contribution is -2.41. The Bertz CT molecular complexity index is 485. The molecule has 1 aliphatic heterocycles. The van der Waals surface area contributed by atoms with Crippen LogP contribution in [0.25, 0.3) is 0 Å². The van der Waals surface area contributed by atoms with Crippen molar-refractivity contribution in [2.45, 2.75) is 43.9 Å². The van der Waals surface area contributed by atoms with Gasteiger partial charge in [-0.25, -0.2) is 0 Å². The van der Waals surface area contributed by atoms with Gasteiger partial charge < -0.3 is 14.6 Å². The molecule has 1 aliphatic carbocycles. The summed E-state index contributed by atoms with van der Waals surface area (Å²) in [5.41, 5.74) is 2.24. The molecule has 1 N–H and O–H groups in total. The molecule has 0 saturated carbocycles. The molecule has 3 unspecified atom stereocenters. The van der Waals surface area contributed by atoms with E-state index in [9.17, 15) is 5.11 Å². The van der Waals surface area contributed by atoms with Crippen molar-refractivity contribution < 1.29 is 14.6 Å². The number of nitrogens with zero attached hydrogens (tertiary/aromatic N) is 1. The van der Waals surface area contributed by atoms with Crippen LogP contribution in [0, 0.1) is 0 Å². The predicted octanol–water partition coefficient (Wildman–Crippen LogP) is 2.15. The van der Waals surface area contributed by atoms with Crippen LogP contribution in [0.15, 0.2) is 18.2 Å². The van der Waals surface area contributed by atoms with Crippen LogP contribution < -0.4 is 4.74 Å². The zero-order chi connectivity index (χ0) is 14.8. The van der Waals surface area contributed by atoms with E-state index in [-0.39, 0.29) is 6.04 Å². The molecule has 4 nitrogen and oxygen atoms in total. The van der Waals surface area contributed by atoms with Crippen LogP contribution in [0.2, 0.25) is 0 Å². The summed E-state index contributed by atoms with van der Waals surface area (Å²) in [4.78, 5) is 2.26. The number of rotatable bonds is 4. The van der Waals surface area contributed by atoms with Crippen LogP contribution >= 0.6 is 0 Å². The van der Waals surface area contributed by atoms with E-state index in [0.717, 1.165) is 37.3 Å². The fourth-order valence-electron chi connectivity index (χ4n) is 3.51. The lowest BCUT2D eigenvalue weighted by atomic mass is 10.1. The molecular formula is C17H25NO3. The average Bonchev–Trinajstić information content (AvgIpc) is 2.85. The second kappa shape index (κ2) is 6.34. The number of hydrogen-bond donors (Lipinski definition) is 1. The number of fused-ring (bicyclic) bond motifs is 1. The van der Waals surface area contributed by atoms with Crippen molar-refractivity contribution in [2.75, 3.05) is 27.3 Å². The first-order valence-electron chi connectivity index (χ1n) is 7.85. The molecule has 0 aromatic heterocycles. The van der Waals surface area contributed by atoms with Crippen molar-refractivity contribution in [2.24, 2.45) is 0 Å². The normalized spacial score (nSPS) is 28.7. The highest BCUT2D eigenvalue weighted by molar-refractivity contribution is 5.41. The summed E-state index contributed by atoms with van der Waals surface area (Å²) in [7, 11) is 3.75. The van der Waals surface area contributed by atoms with E-state index < -0.39 is 6.10 Å². The first-order chi connectivity index (χ1) is 10.2. The summed E-state index contributed by atoms with van der Waals surface area (Å²) in [6.07, 6.45) is 4.33. The molecule has 1 fully saturated rings. The highest BCUT2D eigenvalue weighted by Gasteiger charge is 2.34. The van der Waals surface area contributed by atoms with Gasteiger partial charge in [0.05, 0.1) is 19.3 Å². The van der Waals surface area contributed by atoms with Gasteiger partial charge >= 0.3 is 0 Å². The molecule has 3 atom stereocenters. The second-order valence-electron chi connectivity index (χ2n) is 6.21. The maximum absolute atomic E-state index is 10.6. The molecule has 4 heteroatoms. The topological polar surface area (TPSA) is 41.9 Å². The molecule has 3 rings (SSSR count). The van der Waals surface area contributed by atoms with E-state index >= 15 is 0 Å². The first-order valence-corrected chi connectivity index (χ1v) is 7.85. The van der Waals surface area contributed by atoms with Gasteiger partial charge in [0.1, 0.15) is 5.75 Å². The summed E-state index contributed by atoms with van der Waals surface area (Å²) in [6, 6.07) is 6.14. The zero-order valence-corrected chi connectivity index (χ0v) is 12.9. The summed E-state index contributed by atoms with van der Waals surface area (Å²) in [5, 5.41) is 10.6. The Morgan fingerprint density at radius 3 is 2.95 bits per heavy atom. The summed E-state index contributed by atoms with van der Waals surface area (Å²) in [6.45, 7) is 1.77. The first kappa shape index (κ1) is 14.8. The Balaban J connectivity index is 1.67. The molecule has 0 amide bonds. The minimum Gasteiger partial charge on any atom is -0.497 e. The van der Waals surface area contributed by atoms with E-state index in [1.165, 1.54) is 18.4 Å². The van der Waals surface area contributed by atoms with Gasteiger partial charge in [0.15, 0.2) is 0 Å². The van der Waals surface area contributed by atoms with Crippen LogP contribution in [0.3, 0.4) is 0 Å². The quantitative estimate of drug-likeness (QED) is 0.923. The molecule has 0 spiro atoms. The van der Waals surface area contributed by atoms with Crippen molar-refractivity contribution in [3.05, 3.63) is 29.3 Å². The Labute approximate surface area is 126 Å². The van der Waals surface area contributed by atoms with Gasteiger partial charge in [-0.1, -0.05) is 6.07 Å². The SMILES string of the molecule is COc1ccc2c(c1)C(O)C(N(C)CC1CCCCO1)C2. The minimum atomic E-state index is -0.441. The number of likely N-dealkylation sites (N-methyl/N-ethyl adjacent to an activating group) is 1. The molecule has 1 saturated heterocycles. The number of benzene rings is 1. The van der Waals surface area contributed by atoms with Crippen LogP contribution in [-0.4, -0.2) is 49.5 Å². The van der Waals surface area contributed by atoms with Crippen molar-refractivity contribution >= 4 is 0 Å². The van der Waals surface area contributed by atoms with Crippen molar-refractivity contribution in [3.63, 3.8) is 0 Å². The maximum atomic E-state index is 10.6. The molecule has 0 radical (unpaired) electrons. The Kier molecular flexibility index (Phi) is 4.48. The van der Waals surface area contributed by atoms with Crippen molar-refractivity contribution in [1.29, 1.82) is 0 Å². The number of methoxy groups -OCH3 is 1. The highest BCUT2D eigenvalue weighted by atomic mass is 16.5. The third-order valence-corrected chi connectivity index (χ3v) is 4.80. The summed E-state index contributed by atoms with van der Waals surface area (Å²) >= 11 is 0. The Morgan fingerprint density at radius 2 is 2.24 bits per heavy atom. The van der Waals surface area contributed by atoms with Crippen LogP contribution in [0.4, 0.5) is 0 Å². The van der Waals surface area contributed by atoms with E-state index in [4.69, 9.17) is 9.47 Å². The van der Waals surface area contributed by atoms with Gasteiger partial charge in [0, 0.05) is 19.2 Å². The van der Waals surface area contributed by atoms with Gasteiger partial charge in [-0.05, 0) is 56.0 Å². The van der Waals surface area contributed by atoms with Gasteiger partial charge in [-0.2, -0.15) is 0 Å². The Morgan fingerprint density at radius 1 is 1.38 bits per heavy atom. The van der Waals surface area contributed by atoms with E-state index in [1.54, 1.807) is 7.11 Å². The summed E-state index contributed by atoms with van der Waals surface area (Å²) in [5.74, 6) is 0.812. The Hall–Kier alpha value is -1.10. The third kappa shape index (κ3) is 3.07. The van der Waals surface area contributed by atoms with Crippen molar-refractivity contribution in [1.82, 2.24) is 4.90 Å². The van der Waals surface area contributed by atoms with E-state index in [0.29, 0.717) is 6.10 Å². The zero-order valence-electron chi connectivity index (χ0n) is 12.9. The fourth-order valence-corrected chi connectivity index (χ4v) is 3.51.